The predicted octanol–water partition coefficient (Wildman–Crippen LogP) is 5.61. The van der Waals surface area contributed by atoms with Crippen LogP contribution in [0.5, 0.6) is 0 Å². The molecule has 1 fully saturated rings. The van der Waals surface area contributed by atoms with Crippen molar-refractivity contribution in [3.05, 3.63) is 114 Å². The van der Waals surface area contributed by atoms with E-state index in [1.54, 1.807) is 30.2 Å². The van der Waals surface area contributed by atoms with Gasteiger partial charge in [0.05, 0.1) is 18.8 Å². The maximum absolute atomic E-state index is 11.3. The molecule has 7 nitrogen and oxygen atoms in total. The smallest absolute Gasteiger partial charge is 0.217 e. The monoisotopic (exact) mass is 541 g/mol. The summed E-state index contributed by atoms with van der Waals surface area (Å²) >= 11 is 1.57. The van der Waals surface area contributed by atoms with E-state index in [2.05, 4.69) is 39.6 Å². The Hall–Kier alpha value is -3.56. The molecule has 1 saturated heterocycles. The third-order valence-electron chi connectivity index (χ3n) is 6.54. The third kappa shape index (κ3) is 7.30. The fourth-order valence-corrected chi connectivity index (χ4v) is 5.29. The van der Waals surface area contributed by atoms with E-state index in [0.29, 0.717) is 18.7 Å². The first-order valence-corrected chi connectivity index (χ1v) is 13.9. The van der Waals surface area contributed by atoms with Crippen molar-refractivity contribution in [2.75, 3.05) is 5.75 Å². The summed E-state index contributed by atoms with van der Waals surface area (Å²) in [6.07, 6.45) is 3.45. The van der Waals surface area contributed by atoms with E-state index in [1.807, 2.05) is 48.5 Å². The number of hydrogen-bond acceptors (Lipinski definition) is 7. The largest absolute Gasteiger partial charge is 0.392 e. The summed E-state index contributed by atoms with van der Waals surface area (Å²) in [7, 11) is 0. The molecule has 0 saturated carbocycles. The molecular formula is C31H31N3O4S. The number of aliphatic hydroxyl groups excluding tert-OH is 1. The van der Waals surface area contributed by atoms with Crippen LogP contribution in [0.15, 0.2) is 96.4 Å². The van der Waals surface area contributed by atoms with Gasteiger partial charge in [0.15, 0.2) is 11.4 Å². The summed E-state index contributed by atoms with van der Waals surface area (Å²) in [5.41, 5.74) is 6.06. The van der Waals surface area contributed by atoms with E-state index in [9.17, 15) is 9.90 Å². The molecule has 0 radical (unpaired) electrons. The minimum atomic E-state index is -0.524. The van der Waals surface area contributed by atoms with Gasteiger partial charge in [0.25, 0.3) is 0 Å². The Kier molecular flexibility index (Phi) is 9.00. The van der Waals surface area contributed by atoms with Gasteiger partial charge < -0.3 is 19.9 Å². The summed E-state index contributed by atoms with van der Waals surface area (Å²) in [4.78, 5) is 19.9. The highest BCUT2D eigenvalue weighted by Crippen LogP contribution is 2.39. The molecule has 2 heterocycles. The molecular weight excluding hydrogens is 510 g/mol. The van der Waals surface area contributed by atoms with Gasteiger partial charge in [0, 0.05) is 43.6 Å². The summed E-state index contributed by atoms with van der Waals surface area (Å²) in [6, 6.07) is 26.1. The van der Waals surface area contributed by atoms with E-state index in [0.717, 1.165) is 38.5 Å². The maximum Gasteiger partial charge on any atom is 0.217 e. The number of aliphatic hydroxyl groups is 1. The van der Waals surface area contributed by atoms with Crippen LogP contribution in [0.3, 0.4) is 0 Å². The molecule has 1 amide bonds. The van der Waals surface area contributed by atoms with Crippen LogP contribution in [0.1, 0.15) is 48.0 Å². The van der Waals surface area contributed by atoms with E-state index < -0.39 is 6.29 Å². The lowest BCUT2D eigenvalue weighted by molar-refractivity contribution is -0.245. The van der Waals surface area contributed by atoms with Crippen LogP contribution in [0.4, 0.5) is 0 Å². The molecule has 2 N–H and O–H groups in total. The van der Waals surface area contributed by atoms with Gasteiger partial charge in [0.1, 0.15) is 0 Å². The second-order valence-corrected chi connectivity index (χ2v) is 10.4. The van der Waals surface area contributed by atoms with Crippen molar-refractivity contribution in [3.8, 4) is 11.1 Å². The zero-order valence-electron chi connectivity index (χ0n) is 21.7. The van der Waals surface area contributed by atoms with Gasteiger partial charge >= 0.3 is 0 Å². The number of carbonyl (C=O) groups excluding carboxylic acids is 1. The predicted molar refractivity (Wildman–Crippen MR) is 151 cm³/mol. The number of nitrogens with zero attached hydrogens (tertiary/aromatic N) is 2. The average Bonchev–Trinajstić information content (AvgIpc) is 2.99. The normalized spacial score (nSPS) is 19.0. The summed E-state index contributed by atoms with van der Waals surface area (Å²) in [5.74, 6) is 0.654. The van der Waals surface area contributed by atoms with Crippen LogP contribution >= 0.6 is 11.8 Å². The molecule has 0 bridgehead atoms. The number of ether oxygens (including phenoxy) is 2. The first kappa shape index (κ1) is 27.0. The minimum absolute atomic E-state index is 0.0103. The maximum atomic E-state index is 11.3. The van der Waals surface area contributed by atoms with Crippen molar-refractivity contribution in [2.45, 2.75) is 50.2 Å². The number of aromatic nitrogens is 2. The van der Waals surface area contributed by atoms with Crippen molar-refractivity contribution in [1.82, 2.24) is 15.3 Å². The van der Waals surface area contributed by atoms with Gasteiger partial charge in [-0.3, -0.25) is 4.79 Å². The second-order valence-electron chi connectivity index (χ2n) is 9.42. The lowest BCUT2D eigenvalue weighted by Crippen LogP contribution is -2.31. The lowest BCUT2D eigenvalue weighted by Gasteiger charge is -2.36. The van der Waals surface area contributed by atoms with E-state index in [-0.39, 0.29) is 24.7 Å². The van der Waals surface area contributed by atoms with E-state index >= 15 is 0 Å². The zero-order chi connectivity index (χ0) is 27.0. The molecule has 8 heteroatoms. The Morgan fingerprint density at radius 3 is 2.38 bits per heavy atom. The third-order valence-corrected chi connectivity index (χ3v) is 7.55. The molecule has 5 rings (SSSR count). The van der Waals surface area contributed by atoms with E-state index in [1.165, 1.54) is 6.92 Å². The van der Waals surface area contributed by atoms with Gasteiger partial charge in [0.2, 0.25) is 5.91 Å². The van der Waals surface area contributed by atoms with Gasteiger partial charge in [-0.05, 0) is 39.9 Å². The first-order valence-electron chi connectivity index (χ1n) is 12.9. The number of nitrogens with one attached hydrogen (secondary N) is 1. The second kappa shape index (κ2) is 13.0. The standard InChI is InChI=1S/C31H31N3O4S/c1-21(36)34-18-23-4-2-5-27(16-23)24-10-12-26(13-11-24)30-37-28(20-39-31-32-14-3-15-33-31)17-29(38-30)25-8-6-22(19-35)7-9-25/h2-16,28-30,35H,17-20H2,1H3,(H,34,36)/t28-,29+,30+/m1/s1. The van der Waals surface area contributed by atoms with Crippen LogP contribution in [0.25, 0.3) is 11.1 Å². The van der Waals surface area contributed by atoms with Crippen LogP contribution in [0.2, 0.25) is 0 Å². The molecule has 3 aromatic carbocycles. The molecule has 4 aromatic rings. The van der Waals surface area contributed by atoms with Crippen LogP contribution in [-0.2, 0) is 27.4 Å². The zero-order valence-corrected chi connectivity index (χ0v) is 22.5. The van der Waals surface area contributed by atoms with Crippen LogP contribution in [-0.4, -0.2) is 32.8 Å². The van der Waals surface area contributed by atoms with Crippen molar-refractivity contribution in [3.63, 3.8) is 0 Å². The Labute approximate surface area is 232 Å². The Balaban J connectivity index is 1.33. The molecule has 0 unspecified atom stereocenters. The molecule has 0 aliphatic carbocycles. The SMILES string of the molecule is CC(=O)NCc1cccc(-c2ccc([C@H]3O[C@@H](CSc4ncccn4)C[C@@H](c4ccc(CO)cc4)O3)cc2)c1. The molecule has 200 valence electrons. The van der Waals surface area contributed by atoms with Crippen molar-refractivity contribution < 1.29 is 19.4 Å². The quantitative estimate of drug-likeness (QED) is 0.210. The number of hydrogen-bond donors (Lipinski definition) is 2. The topological polar surface area (TPSA) is 93.6 Å². The van der Waals surface area contributed by atoms with Gasteiger partial charge in [-0.1, -0.05) is 78.5 Å². The number of thioether (sulfide) groups is 1. The number of amides is 1. The van der Waals surface area contributed by atoms with Crippen molar-refractivity contribution in [2.24, 2.45) is 0 Å². The van der Waals surface area contributed by atoms with Crippen molar-refractivity contribution in [1.29, 1.82) is 0 Å². The molecule has 1 aliphatic rings. The number of benzene rings is 3. The fourth-order valence-electron chi connectivity index (χ4n) is 4.47. The fraction of sp³-hybridized carbons (Fsp3) is 0.258. The number of carbonyl (C=O) groups is 1. The van der Waals surface area contributed by atoms with Gasteiger partial charge in [-0.2, -0.15) is 0 Å². The number of rotatable bonds is 9. The van der Waals surface area contributed by atoms with E-state index in [4.69, 9.17) is 9.47 Å². The lowest BCUT2D eigenvalue weighted by atomic mass is 9.99. The summed E-state index contributed by atoms with van der Waals surface area (Å²) in [6.45, 7) is 2.03. The molecule has 1 aliphatic heterocycles. The summed E-state index contributed by atoms with van der Waals surface area (Å²) in [5, 5.41) is 13.0. The molecule has 0 spiro atoms. The Morgan fingerprint density at radius 1 is 0.923 bits per heavy atom. The van der Waals surface area contributed by atoms with Crippen LogP contribution in [0, 0.1) is 0 Å². The molecule has 39 heavy (non-hydrogen) atoms. The first-order chi connectivity index (χ1) is 19.1. The summed E-state index contributed by atoms with van der Waals surface area (Å²) < 4.78 is 12.9. The Bertz CT molecular complexity index is 1370. The highest BCUT2D eigenvalue weighted by atomic mass is 32.2. The van der Waals surface area contributed by atoms with Crippen LogP contribution < -0.4 is 5.32 Å². The highest BCUT2D eigenvalue weighted by molar-refractivity contribution is 7.99. The minimum Gasteiger partial charge on any atom is -0.392 e. The average molecular weight is 542 g/mol. The van der Waals surface area contributed by atoms with Crippen molar-refractivity contribution >= 4 is 17.7 Å². The highest BCUT2D eigenvalue weighted by Gasteiger charge is 2.32. The molecule has 3 atom stereocenters. The van der Waals surface area contributed by atoms with Gasteiger partial charge in [-0.25, -0.2) is 9.97 Å². The van der Waals surface area contributed by atoms with Gasteiger partial charge in [-0.15, -0.1) is 0 Å². The Morgan fingerprint density at radius 2 is 1.67 bits per heavy atom. The molecule has 1 aromatic heterocycles.